The van der Waals surface area contributed by atoms with Crippen molar-refractivity contribution in [1.29, 1.82) is 0 Å². The van der Waals surface area contributed by atoms with Crippen LogP contribution in [0.4, 0.5) is 24.5 Å². The first-order valence-corrected chi connectivity index (χ1v) is 14.6. The monoisotopic (exact) mass is 598 g/mol. The summed E-state index contributed by atoms with van der Waals surface area (Å²) in [7, 11) is 0. The third-order valence-electron chi connectivity index (χ3n) is 8.03. The number of aromatic nitrogens is 2. The van der Waals surface area contributed by atoms with Gasteiger partial charge in [-0.3, -0.25) is 29.3 Å². The fraction of sp³-hybridized carbons (Fsp3) is 0.379. The molecule has 4 aromatic rings. The summed E-state index contributed by atoms with van der Waals surface area (Å²) in [6.45, 7) is 5.90. The molecule has 0 bridgehead atoms. The minimum Gasteiger partial charge on any atom is -0.369 e. The number of halogens is 3. The van der Waals surface area contributed by atoms with E-state index in [9.17, 15) is 28.1 Å². The number of hydrogen-bond acceptors (Lipinski definition) is 8. The molecule has 0 spiro atoms. The van der Waals surface area contributed by atoms with E-state index in [2.05, 4.69) is 14.8 Å². The Morgan fingerprint density at radius 1 is 0.976 bits per heavy atom. The van der Waals surface area contributed by atoms with Crippen molar-refractivity contribution in [3.05, 3.63) is 96.9 Å². The Bertz CT molecular complexity index is 1660. The molecule has 2 aromatic heterocycles. The Morgan fingerprint density at radius 3 is 2.45 bits per heavy atom. The standard InChI is InChI=1S/C29H29F3N6O3S/c30-29(31,32)21-2-1-3-23(16-21)36-13-10-34(11-14-36)12-15-37-19-33-27-26(28(37)39)24-8-9-35(18-25(24)42-27)17-20-4-6-22(7-5-20)38(40)41/h1-7,16,19H,8-15,17-18H2. The molecule has 1 saturated heterocycles. The molecule has 42 heavy (non-hydrogen) atoms. The van der Waals surface area contributed by atoms with Crippen molar-refractivity contribution < 1.29 is 18.1 Å². The predicted octanol–water partition coefficient (Wildman–Crippen LogP) is 4.77. The molecule has 0 atom stereocenters. The SMILES string of the molecule is O=c1c2c3c(sc2ncn1CCN1CCN(c2cccc(C(F)(F)F)c2)CC1)CN(Cc1ccc([N+](=O)[O-])cc1)CC3. The van der Waals surface area contributed by atoms with Crippen LogP contribution in [0.5, 0.6) is 0 Å². The molecule has 2 aliphatic heterocycles. The number of piperazine rings is 1. The number of nitrogens with zero attached hydrogens (tertiary/aromatic N) is 6. The second-order valence-electron chi connectivity index (χ2n) is 10.7. The minimum atomic E-state index is -4.36. The van der Waals surface area contributed by atoms with E-state index in [4.69, 9.17) is 0 Å². The number of thiophene rings is 1. The molecule has 13 heteroatoms. The van der Waals surface area contributed by atoms with Crippen molar-refractivity contribution in [3.8, 4) is 0 Å². The van der Waals surface area contributed by atoms with Crippen LogP contribution >= 0.6 is 11.3 Å². The lowest BCUT2D eigenvalue weighted by Crippen LogP contribution is -2.47. The lowest BCUT2D eigenvalue weighted by atomic mass is 10.0. The molecule has 0 amide bonds. The van der Waals surface area contributed by atoms with Crippen molar-refractivity contribution in [3.63, 3.8) is 0 Å². The molecule has 6 rings (SSSR count). The zero-order valence-corrected chi connectivity index (χ0v) is 23.5. The first kappa shape index (κ1) is 28.3. The smallest absolute Gasteiger partial charge is 0.369 e. The fourth-order valence-electron chi connectivity index (χ4n) is 5.70. The zero-order valence-electron chi connectivity index (χ0n) is 22.7. The highest BCUT2D eigenvalue weighted by Crippen LogP contribution is 2.33. The molecular weight excluding hydrogens is 569 g/mol. The summed E-state index contributed by atoms with van der Waals surface area (Å²) in [4.78, 5) is 36.9. The van der Waals surface area contributed by atoms with Gasteiger partial charge >= 0.3 is 6.18 Å². The second-order valence-corrected chi connectivity index (χ2v) is 11.8. The van der Waals surface area contributed by atoms with Gasteiger partial charge < -0.3 is 4.90 Å². The highest BCUT2D eigenvalue weighted by Gasteiger charge is 2.31. The average molecular weight is 599 g/mol. The van der Waals surface area contributed by atoms with Crippen molar-refractivity contribution in [2.45, 2.75) is 32.2 Å². The molecule has 0 N–H and O–H groups in total. The largest absolute Gasteiger partial charge is 0.416 e. The van der Waals surface area contributed by atoms with Crippen LogP contribution in [0.3, 0.4) is 0 Å². The van der Waals surface area contributed by atoms with E-state index < -0.39 is 16.7 Å². The quantitative estimate of drug-likeness (QED) is 0.224. The maximum atomic E-state index is 13.5. The molecule has 2 aromatic carbocycles. The normalized spacial score (nSPS) is 16.6. The summed E-state index contributed by atoms with van der Waals surface area (Å²) in [5.41, 5.74) is 2.03. The lowest BCUT2D eigenvalue weighted by Gasteiger charge is -2.36. The molecular formula is C29H29F3N6O3S. The van der Waals surface area contributed by atoms with Crippen LogP contribution in [-0.2, 0) is 32.2 Å². The molecule has 0 aliphatic carbocycles. The predicted molar refractivity (Wildman–Crippen MR) is 155 cm³/mol. The van der Waals surface area contributed by atoms with Gasteiger partial charge in [0.15, 0.2) is 0 Å². The number of rotatable bonds is 7. The summed E-state index contributed by atoms with van der Waals surface area (Å²) < 4.78 is 41.0. The van der Waals surface area contributed by atoms with Crippen LogP contribution in [0.25, 0.3) is 10.2 Å². The van der Waals surface area contributed by atoms with E-state index in [1.54, 1.807) is 40.4 Å². The van der Waals surface area contributed by atoms with Crippen LogP contribution < -0.4 is 10.5 Å². The van der Waals surface area contributed by atoms with E-state index in [-0.39, 0.29) is 11.2 Å². The van der Waals surface area contributed by atoms with Gasteiger partial charge in [-0.2, -0.15) is 13.2 Å². The van der Waals surface area contributed by atoms with Crippen LogP contribution in [-0.4, -0.2) is 63.5 Å². The lowest BCUT2D eigenvalue weighted by molar-refractivity contribution is -0.384. The number of nitro groups is 1. The summed E-state index contributed by atoms with van der Waals surface area (Å²) >= 11 is 1.55. The Kier molecular flexibility index (Phi) is 7.73. The summed E-state index contributed by atoms with van der Waals surface area (Å²) in [5, 5.41) is 11.6. The van der Waals surface area contributed by atoms with E-state index in [0.29, 0.717) is 63.4 Å². The second kappa shape index (κ2) is 11.5. The maximum absolute atomic E-state index is 13.5. The highest BCUT2D eigenvalue weighted by molar-refractivity contribution is 7.18. The number of nitro benzene ring substituents is 1. The first-order chi connectivity index (χ1) is 20.2. The summed E-state index contributed by atoms with van der Waals surface area (Å²) in [6, 6.07) is 12.0. The number of hydrogen-bond donors (Lipinski definition) is 0. The van der Waals surface area contributed by atoms with Gasteiger partial charge in [0, 0.05) is 81.6 Å². The Labute approximate surface area is 243 Å². The molecule has 0 radical (unpaired) electrons. The van der Waals surface area contributed by atoms with Gasteiger partial charge in [-0.1, -0.05) is 18.2 Å². The number of benzene rings is 2. The highest BCUT2D eigenvalue weighted by atomic mass is 32.1. The topological polar surface area (TPSA) is 87.8 Å². The Balaban J connectivity index is 1.07. The molecule has 9 nitrogen and oxygen atoms in total. The first-order valence-electron chi connectivity index (χ1n) is 13.8. The third kappa shape index (κ3) is 5.90. The molecule has 1 fully saturated rings. The van der Waals surface area contributed by atoms with Gasteiger partial charge in [-0.05, 0) is 35.7 Å². The summed E-state index contributed by atoms with van der Waals surface area (Å²) in [5.74, 6) is 0. The molecule has 2 aliphatic rings. The zero-order chi connectivity index (χ0) is 29.4. The van der Waals surface area contributed by atoms with Gasteiger partial charge in [0.05, 0.1) is 22.2 Å². The van der Waals surface area contributed by atoms with Crippen molar-refractivity contribution >= 4 is 32.9 Å². The minimum absolute atomic E-state index is 0.0380. The third-order valence-corrected chi connectivity index (χ3v) is 9.15. The maximum Gasteiger partial charge on any atom is 0.416 e. The fourth-order valence-corrected chi connectivity index (χ4v) is 6.93. The number of non-ortho nitro benzene ring substituents is 1. The van der Waals surface area contributed by atoms with Gasteiger partial charge in [0.2, 0.25) is 0 Å². The van der Waals surface area contributed by atoms with Crippen molar-refractivity contribution in [2.75, 3.05) is 44.2 Å². The van der Waals surface area contributed by atoms with E-state index in [0.717, 1.165) is 39.9 Å². The van der Waals surface area contributed by atoms with Gasteiger partial charge in [-0.25, -0.2) is 4.98 Å². The molecule has 220 valence electrons. The Hall–Kier alpha value is -3.81. The molecule has 0 saturated carbocycles. The number of fused-ring (bicyclic) bond motifs is 3. The molecule has 0 unspecified atom stereocenters. The van der Waals surface area contributed by atoms with Crippen molar-refractivity contribution in [1.82, 2.24) is 19.4 Å². The van der Waals surface area contributed by atoms with E-state index in [1.807, 2.05) is 4.90 Å². The van der Waals surface area contributed by atoms with E-state index >= 15 is 0 Å². The van der Waals surface area contributed by atoms with Crippen LogP contribution in [0.2, 0.25) is 0 Å². The van der Waals surface area contributed by atoms with Gasteiger partial charge in [-0.15, -0.1) is 11.3 Å². The molecule has 4 heterocycles. The number of anilines is 1. The average Bonchev–Trinajstić information content (AvgIpc) is 3.35. The van der Waals surface area contributed by atoms with Gasteiger partial charge in [0.25, 0.3) is 11.2 Å². The summed E-state index contributed by atoms with van der Waals surface area (Å²) in [6.07, 6.45) is -2.02. The number of alkyl halides is 3. The van der Waals surface area contributed by atoms with Gasteiger partial charge in [0.1, 0.15) is 4.83 Å². The van der Waals surface area contributed by atoms with Crippen molar-refractivity contribution in [2.24, 2.45) is 0 Å². The van der Waals surface area contributed by atoms with Crippen LogP contribution in [0.15, 0.2) is 59.7 Å². The van der Waals surface area contributed by atoms with Crippen LogP contribution in [0.1, 0.15) is 21.6 Å². The Morgan fingerprint density at radius 2 is 1.74 bits per heavy atom. The van der Waals surface area contributed by atoms with Crippen LogP contribution in [0, 0.1) is 10.1 Å². The van der Waals surface area contributed by atoms with E-state index in [1.165, 1.54) is 24.3 Å².